The van der Waals surface area contributed by atoms with Gasteiger partial charge in [-0.2, -0.15) is 0 Å². The first kappa shape index (κ1) is 31.6. The summed E-state index contributed by atoms with van der Waals surface area (Å²) >= 11 is 0. The fraction of sp³-hybridized carbons (Fsp3) is 0.667. The van der Waals surface area contributed by atoms with E-state index in [1.165, 1.54) is 26.4 Å². The molecule has 0 saturated heterocycles. The molecule has 0 spiro atoms. The molecule has 0 rings (SSSR count). The fourth-order valence-corrected chi connectivity index (χ4v) is 5.15. The Morgan fingerprint density at radius 1 is 0.939 bits per heavy atom. The second-order valence-electron chi connectivity index (χ2n) is 10.2. The number of hydrogen-bond donors (Lipinski definition) is 0. The zero-order valence-electron chi connectivity index (χ0n) is 22.4. The molecule has 0 saturated carbocycles. The Hall–Kier alpha value is -1.40. The van der Waals surface area contributed by atoms with E-state index >= 15 is 0 Å². The smallest absolute Gasteiger partial charge is 0.305 e. The summed E-state index contributed by atoms with van der Waals surface area (Å²) in [5, 5.41) is 0. The minimum atomic E-state index is -1.72. The molecule has 0 aromatic carbocycles. The third-order valence-electron chi connectivity index (χ3n) is 4.45. The molecule has 33 heavy (non-hydrogen) atoms. The SMILES string of the molecule is CCCCC/C=C\CC(/[13CH]=[13CH]/C=C/[13C]#[13C]C(CCCC(=O)OC)O[Si](C)(C)C)O[Si](C)(C)C. The quantitative estimate of drug-likeness (QED) is 0.0424. The van der Waals surface area contributed by atoms with Gasteiger partial charge in [-0.25, -0.2) is 0 Å². The van der Waals surface area contributed by atoms with Crippen LogP contribution >= 0.6 is 0 Å². The van der Waals surface area contributed by atoms with Crippen LogP contribution in [-0.2, 0) is 18.4 Å². The van der Waals surface area contributed by atoms with E-state index in [0.29, 0.717) is 12.8 Å². The van der Waals surface area contributed by atoms with Crippen LogP contribution in [0.1, 0.15) is 58.3 Å². The molecule has 0 aliphatic rings. The molecule has 0 amide bonds. The van der Waals surface area contributed by atoms with E-state index in [2.05, 4.69) is 76.3 Å². The maximum absolute atomic E-state index is 11.4. The third-order valence-corrected chi connectivity index (χ3v) is 6.45. The minimum Gasteiger partial charge on any atom is -0.469 e. The highest BCUT2D eigenvalue weighted by molar-refractivity contribution is 6.70. The Balaban J connectivity index is 4.89. The lowest BCUT2D eigenvalue weighted by atomic mass is 10.2. The molecular weight excluding hydrogens is 448 g/mol. The highest BCUT2D eigenvalue weighted by Crippen LogP contribution is 2.14. The summed E-state index contributed by atoms with van der Waals surface area (Å²) in [5.41, 5.74) is 0. The maximum atomic E-state index is 11.4. The van der Waals surface area contributed by atoms with E-state index in [1.807, 2.05) is 18.2 Å². The summed E-state index contributed by atoms with van der Waals surface area (Å²) < 4.78 is 17.2. The van der Waals surface area contributed by atoms with Crippen molar-refractivity contribution in [3.63, 3.8) is 0 Å². The van der Waals surface area contributed by atoms with E-state index in [9.17, 15) is 4.79 Å². The number of carbonyl (C=O) groups is 1. The van der Waals surface area contributed by atoms with Crippen LogP contribution in [-0.4, -0.2) is 41.9 Å². The molecule has 0 bridgehead atoms. The van der Waals surface area contributed by atoms with Crippen molar-refractivity contribution in [2.75, 3.05) is 7.11 Å². The first-order valence-electron chi connectivity index (χ1n) is 12.4. The summed E-state index contributed by atoms with van der Waals surface area (Å²) in [4.78, 5) is 11.4. The highest BCUT2D eigenvalue weighted by Gasteiger charge is 2.20. The second kappa shape index (κ2) is 18.0. The van der Waals surface area contributed by atoms with Crippen molar-refractivity contribution in [1.29, 1.82) is 0 Å². The second-order valence-corrected chi connectivity index (χ2v) is 19.1. The molecule has 0 radical (unpaired) electrons. The highest BCUT2D eigenvalue weighted by atomic mass is 28.4. The minimum absolute atomic E-state index is 0.0954. The van der Waals surface area contributed by atoms with E-state index in [4.69, 9.17) is 13.6 Å². The number of esters is 1. The van der Waals surface area contributed by atoms with Gasteiger partial charge in [0, 0.05) is 6.42 Å². The summed E-state index contributed by atoms with van der Waals surface area (Å²) in [5.74, 6) is 6.13. The van der Waals surface area contributed by atoms with E-state index in [-0.39, 0.29) is 18.2 Å². The number of hydrogen-bond acceptors (Lipinski definition) is 4. The van der Waals surface area contributed by atoms with Crippen LogP contribution in [0, 0.1) is 11.8 Å². The summed E-state index contributed by atoms with van der Waals surface area (Å²) in [6.45, 7) is 15.3. The van der Waals surface area contributed by atoms with Gasteiger partial charge in [0.1, 0.15) is 6.10 Å². The van der Waals surface area contributed by atoms with Crippen LogP contribution in [0.2, 0.25) is 39.3 Å². The standard InChI is InChI=1S/C27H48O4Si2/c1-9-10-11-12-13-16-20-25(30-32(3,4)5)21-17-14-15-18-22-26(31-33(6,7)8)23-19-24-27(28)29-2/h13-17,21,25-26H,9-12,19-20,23-24H2,1-8H3/b15-14+,16-13-,21-17+/i17+1,18+1,21+1,22+1. The van der Waals surface area contributed by atoms with Gasteiger partial charge in [0.15, 0.2) is 16.6 Å². The molecule has 6 heteroatoms. The number of carbonyl (C=O) groups excluding carboxylic acids is 1. The van der Waals surface area contributed by atoms with Gasteiger partial charge >= 0.3 is 5.97 Å². The van der Waals surface area contributed by atoms with E-state index < -0.39 is 16.6 Å². The molecule has 2 atom stereocenters. The molecule has 0 aromatic rings. The summed E-state index contributed by atoms with van der Waals surface area (Å²) in [6.07, 6.45) is 20.1. The van der Waals surface area contributed by atoms with Crippen molar-refractivity contribution >= 4 is 22.6 Å². The molecular formula is C27H48O4Si2. The van der Waals surface area contributed by atoms with Gasteiger partial charge in [0.25, 0.3) is 0 Å². The number of rotatable bonds is 16. The summed E-state index contributed by atoms with van der Waals surface area (Å²) in [7, 11) is -1.92. The topological polar surface area (TPSA) is 44.8 Å². The van der Waals surface area contributed by atoms with Crippen LogP contribution < -0.4 is 0 Å². The monoisotopic (exact) mass is 496 g/mol. The van der Waals surface area contributed by atoms with Crippen molar-refractivity contribution in [3.05, 3.63) is 36.5 Å². The number of unbranched alkanes of at least 4 members (excludes halogenated alkanes) is 3. The van der Waals surface area contributed by atoms with Crippen molar-refractivity contribution in [3.8, 4) is 11.8 Å². The van der Waals surface area contributed by atoms with Crippen molar-refractivity contribution in [2.24, 2.45) is 0 Å². The lowest BCUT2D eigenvalue weighted by Gasteiger charge is -2.23. The first-order valence-corrected chi connectivity index (χ1v) is 19.2. The maximum Gasteiger partial charge on any atom is 0.305 e. The lowest BCUT2D eigenvalue weighted by Crippen LogP contribution is -2.31. The predicted molar refractivity (Wildman–Crippen MR) is 146 cm³/mol. The van der Waals surface area contributed by atoms with Crippen molar-refractivity contribution in [1.82, 2.24) is 0 Å². The molecule has 0 fully saturated rings. The van der Waals surface area contributed by atoms with Crippen molar-refractivity contribution < 1.29 is 18.4 Å². The van der Waals surface area contributed by atoms with E-state index in [1.54, 1.807) is 0 Å². The van der Waals surface area contributed by atoms with Gasteiger partial charge in [0.05, 0.1) is 13.2 Å². The molecule has 0 aliphatic carbocycles. The lowest BCUT2D eigenvalue weighted by molar-refractivity contribution is -0.140. The zero-order chi connectivity index (χ0) is 25.2. The van der Waals surface area contributed by atoms with Crippen LogP contribution in [0.3, 0.4) is 0 Å². The predicted octanol–water partition coefficient (Wildman–Crippen LogP) is 7.41. The average Bonchev–Trinajstić information content (AvgIpc) is 2.70. The Morgan fingerprint density at radius 2 is 1.64 bits per heavy atom. The van der Waals surface area contributed by atoms with Gasteiger partial charge in [-0.05, 0) is 77.5 Å². The Morgan fingerprint density at radius 3 is 2.24 bits per heavy atom. The molecule has 188 valence electrons. The normalized spacial score (nSPS) is 14.5. The molecule has 0 aromatic heterocycles. The number of allylic oxidation sites excluding steroid dienone is 4. The van der Waals surface area contributed by atoms with E-state index in [0.717, 1.165) is 19.3 Å². The Labute approximate surface area is 206 Å². The van der Waals surface area contributed by atoms with Crippen LogP contribution in [0.15, 0.2) is 36.5 Å². The Kier molecular flexibility index (Phi) is 17.2. The molecule has 4 nitrogen and oxygen atoms in total. The zero-order valence-corrected chi connectivity index (χ0v) is 24.4. The molecule has 0 N–H and O–H groups in total. The number of methoxy groups -OCH3 is 1. The fourth-order valence-electron chi connectivity index (χ4n) is 3.03. The molecule has 0 heterocycles. The number of ether oxygens (including phenoxy) is 1. The Bertz CT molecular complexity index is 673. The van der Waals surface area contributed by atoms with Gasteiger partial charge < -0.3 is 13.6 Å². The van der Waals surface area contributed by atoms with Gasteiger partial charge in [-0.3, -0.25) is 4.79 Å². The summed E-state index contributed by atoms with van der Waals surface area (Å²) in [6, 6.07) is 0. The average molecular weight is 497 g/mol. The largest absolute Gasteiger partial charge is 0.469 e. The van der Waals surface area contributed by atoms with Gasteiger partial charge in [0.2, 0.25) is 0 Å². The van der Waals surface area contributed by atoms with Crippen LogP contribution in [0.5, 0.6) is 0 Å². The van der Waals surface area contributed by atoms with Crippen molar-refractivity contribution in [2.45, 2.75) is 110 Å². The third kappa shape index (κ3) is 22.2. The van der Waals surface area contributed by atoms with Gasteiger partial charge in [-0.1, -0.05) is 62.0 Å². The molecule has 2 unspecified atom stereocenters. The van der Waals surface area contributed by atoms with Gasteiger partial charge in [-0.15, -0.1) is 0 Å². The molecule has 0 aliphatic heterocycles. The van der Waals surface area contributed by atoms with Crippen LogP contribution in [0.25, 0.3) is 0 Å². The van der Waals surface area contributed by atoms with Crippen LogP contribution in [0.4, 0.5) is 0 Å². The first-order chi connectivity index (χ1) is 15.5.